The summed E-state index contributed by atoms with van der Waals surface area (Å²) >= 11 is 0. The zero-order valence-electron chi connectivity index (χ0n) is 11.9. The lowest BCUT2D eigenvalue weighted by atomic mass is 10.2. The Morgan fingerprint density at radius 2 is 1.27 bits per heavy atom. The molecule has 0 fully saturated rings. The third-order valence-electron chi connectivity index (χ3n) is 2.87. The molecule has 0 aromatic heterocycles. The van der Waals surface area contributed by atoms with E-state index >= 15 is 0 Å². The van der Waals surface area contributed by atoms with Gasteiger partial charge in [0.15, 0.2) is 0 Å². The monoisotopic (exact) mass is 300 g/mol. The van der Waals surface area contributed by atoms with Gasteiger partial charge >= 0.3 is 11.9 Å². The van der Waals surface area contributed by atoms with Crippen LogP contribution < -0.4 is 0 Å². The number of hydrogen-bond acceptors (Lipinski definition) is 5. The van der Waals surface area contributed by atoms with E-state index in [-0.39, 0.29) is 19.0 Å². The highest BCUT2D eigenvalue weighted by Crippen LogP contribution is 2.10. The predicted octanol–water partition coefficient (Wildman–Crippen LogP) is 2.80. The molecule has 1 N–H and O–H groups in total. The summed E-state index contributed by atoms with van der Waals surface area (Å²) in [5.74, 6) is -0.788. The van der Waals surface area contributed by atoms with Gasteiger partial charge in [-0.1, -0.05) is 18.2 Å². The largest absolute Gasteiger partial charge is 0.508 e. The molecule has 5 nitrogen and oxygen atoms in total. The molecular formula is C17H16O5. The predicted molar refractivity (Wildman–Crippen MR) is 79.7 cm³/mol. The summed E-state index contributed by atoms with van der Waals surface area (Å²) in [6, 6.07) is 14.5. The Labute approximate surface area is 128 Å². The fourth-order valence-corrected chi connectivity index (χ4v) is 1.73. The molecule has 114 valence electrons. The average Bonchev–Trinajstić information content (AvgIpc) is 2.55. The van der Waals surface area contributed by atoms with Crippen molar-refractivity contribution in [3.63, 3.8) is 0 Å². The Hall–Kier alpha value is -2.82. The molecule has 0 atom stereocenters. The average molecular weight is 300 g/mol. The summed E-state index contributed by atoms with van der Waals surface area (Å²) in [7, 11) is 0. The van der Waals surface area contributed by atoms with E-state index in [2.05, 4.69) is 0 Å². The van der Waals surface area contributed by atoms with E-state index in [0.717, 1.165) is 0 Å². The molecular weight excluding hydrogens is 284 g/mol. The van der Waals surface area contributed by atoms with E-state index in [4.69, 9.17) is 14.6 Å². The normalized spacial score (nSPS) is 10.0. The molecule has 0 aliphatic carbocycles. The van der Waals surface area contributed by atoms with Crippen LogP contribution in [0.2, 0.25) is 0 Å². The van der Waals surface area contributed by atoms with Crippen LogP contribution in [0, 0.1) is 0 Å². The highest BCUT2D eigenvalue weighted by atomic mass is 16.5. The Kier molecular flexibility index (Phi) is 5.54. The number of ether oxygens (including phenoxy) is 2. The topological polar surface area (TPSA) is 72.8 Å². The minimum Gasteiger partial charge on any atom is -0.508 e. The highest BCUT2D eigenvalue weighted by molar-refractivity contribution is 5.89. The van der Waals surface area contributed by atoms with Gasteiger partial charge < -0.3 is 14.6 Å². The van der Waals surface area contributed by atoms with Gasteiger partial charge in [-0.3, -0.25) is 0 Å². The first-order chi connectivity index (χ1) is 10.7. The van der Waals surface area contributed by atoms with Gasteiger partial charge in [0.2, 0.25) is 0 Å². The number of hydrogen-bond donors (Lipinski definition) is 1. The fraction of sp³-hybridized carbons (Fsp3) is 0.176. The Morgan fingerprint density at radius 1 is 0.773 bits per heavy atom. The number of carbonyl (C=O) groups is 2. The van der Waals surface area contributed by atoms with Crippen LogP contribution in [0.3, 0.4) is 0 Å². The molecule has 0 amide bonds. The number of rotatable bonds is 6. The van der Waals surface area contributed by atoms with Gasteiger partial charge in [-0.15, -0.1) is 0 Å². The van der Waals surface area contributed by atoms with E-state index in [1.54, 1.807) is 24.3 Å². The maximum atomic E-state index is 11.7. The van der Waals surface area contributed by atoms with E-state index in [0.29, 0.717) is 17.5 Å². The quantitative estimate of drug-likeness (QED) is 0.656. The summed E-state index contributed by atoms with van der Waals surface area (Å²) in [4.78, 5) is 23.3. The highest BCUT2D eigenvalue weighted by Gasteiger charge is 2.08. The third kappa shape index (κ3) is 4.63. The Bertz CT molecular complexity index is 619. The molecule has 5 heteroatoms. The van der Waals surface area contributed by atoms with E-state index in [1.807, 2.05) is 6.07 Å². The molecule has 0 spiro atoms. The van der Waals surface area contributed by atoms with E-state index in [1.165, 1.54) is 24.3 Å². The summed E-state index contributed by atoms with van der Waals surface area (Å²) in [6.45, 7) is 0.332. The zero-order valence-corrected chi connectivity index (χ0v) is 11.9. The molecule has 0 aliphatic rings. The van der Waals surface area contributed by atoms with Crippen LogP contribution >= 0.6 is 0 Å². The third-order valence-corrected chi connectivity index (χ3v) is 2.87. The SMILES string of the molecule is O=C(OCCCOC(=O)c1ccc(O)cc1)c1ccccc1. The van der Waals surface area contributed by atoms with Gasteiger partial charge in [-0.25, -0.2) is 9.59 Å². The molecule has 0 aliphatic heterocycles. The van der Waals surface area contributed by atoms with Crippen molar-refractivity contribution >= 4 is 11.9 Å². The van der Waals surface area contributed by atoms with Gasteiger partial charge in [-0.05, 0) is 36.4 Å². The van der Waals surface area contributed by atoms with Crippen LogP contribution in [0.5, 0.6) is 5.75 Å². The number of benzene rings is 2. The van der Waals surface area contributed by atoms with Gasteiger partial charge in [0.05, 0.1) is 24.3 Å². The van der Waals surface area contributed by atoms with Crippen molar-refractivity contribution in [1.29, 1.82) is 0 Å². The van der Waals surface area contributed by atoms with Crippen molar-refractivity contribution in [2.45, 2.75) is 6.42 Å². The molecule has 0 saturated heterocycles. The molecule has 0 bridgehead atoms. The van der Waals surface area contributed by atoms with Gasteiger partial charge in [0.1, 0.15) is 5.75 Å². The number of phenolic OH excluding ortho intramolecular Hbond substituents is 1. The minimum absolute atomic E-state index is 0.0874. The van der Waals surface area contributed by atoms with Gasteiger partial charge in [0, 0.05) is 6.42 Å². The molecule has 2 aromatic carbocycles. The number of phenols is 1. The van der Waals surface area contributed by atoms with Crippen molar-refractivity contribution in [1.82, 2.24) is 0 Å². The number of carbonyl (C=O) groups excluding carboxylic acids is 2. The summed E-state index contributed by atoms with van der Waals surface area (Å²) in [6.07, 6.45) is 0.419. The molecule has 0 saturated carbocycles. The van der Waals surface area contributed by atoms with Gasteiger partial charge in [0.25, 0.3) is 0 Å². The van der Waals surface area contributed by atoms with Crippen LogP contribution in [0.15, 0.2) is 54.6 Å². The lowest BCUT2D eigenvalue weighted by Gasteiger charge is -2.06. The molecule has 22 heavy (non-hydrogen) atoms. The first-order valence-electron chi connectivity index (χ1n) is 6.85. The van der Waals surface area contributed by atoms with Crippen LogP contribution in [0.25, 0.3) is 0 Å². The first kappa shape index (κ1) is 15.6. The maximum absolute atomic E-state index is 11.7. The molecule has 0 heterocycles. The molecule has 2 aromatic rings. The van der Waals surface area contributed by atoms with Crippen molar-refractivity contribution in [3.8, 4) is 5.75 Å². The lowest BCUT2D eigenvalue weighted by Crippen LogP contribution is -2.11. The fourth-order valence-electron chi connectivity index (χ4n) is 1.73. The lowest BCUT2D eigenvalue weighted by molar-refractivity contribution is 0.0396. The molecule has 0 radical (unpaired) electrons. The standard InChI is InChI=1S/C17H16O5/c18-15-9-7-14(8-10-15)17(20)22-12-4-11-21-16(19)13-5-2-1-3-6-13/h1-3,5-10,18H,4,11-12H2. The van der Waals surface area contributed by atoms with Crippen molar-refractivity contribution < 1.29 is 24.2 Å². The minimum atomic E-state index is -0.477. The van der Waals surface area contributed by atoms with Crippen LogP contribution in [-0.2, 0) is 9.47 Å². The van der Waals surface area contributed by atoms with Crippen molar-refractivity contribution in [2.75, 3.05) is 13.2 Å². The van der Waals surface area contributed by atoms with Crippen LogP contribution in [0.4, 0.5) is 0 Å². The second-order valence-corrected chi connectivity index (χ2v) is 4.54. The van der Waals surface area contributed by atoms with Crippen molar-refractivity contribution in [2.24, 2.45) is 0 Å². The first-order valence-corrected chi connectivity index (χ1v) is 6.85. The zero-order chi connectivity index (χ0) is 15.8. The van der Waals surface area contributed by atoms with Crippen molar-refractivity contribution in [3.05, 3.63) is 65.7 Å². The summed E-state index contributed by atoms with van der Waals surface area (Å²) in [5.41, 5.74) is 0.850. The van der Waals surface area contributed by atoms with Crippen LogP contribution in [0.1, 0.15) is 27.1 Å². The smallest absolute Gasteiger partial charge is 0.338 e. The van der Waals surface area contributed by atoms with Crippen LogP contribution in [-0.4, -0.2) is 30.3 Å². The maximum Gasteiger partial charge on any atom is 0.338 e. The Balaban J connectivity index is 1.66. The molecule has 0 unspecified atom stereocenters. The second kappa shape index (κ2) is 7.83. The number of esters is 2. The summed E-state index contributed by atoms with van der Waals surface area (Å²) < 4.78 is 10.1. The van der Waals surface area contributed by atoms with E-state index in [9.17, 15) is 9.59 Å². The summed E-state index contributed by atoms with van der Waals surface area (Å²) in [5, 5.41) is 9.13. The van der Waals surface area contributed by atoms with Gasteiger partial charge in [-0.2, -0.15) is 0 Å². The Morgan fingerprint density at radius 3 is 1.82 bits per heavy atom. The van der Waals surface area contributed by atoms with E-state index < -0.39 is 11.9 Å². The molecule has 2 rings (SSSR count). The number of aromatic hydroxyl groups is 1. The second-order valence-electron chi connectivity index (χ2n) is 4.54.